The molecule has 4 N–H and O–H groups in total. The lowest BCUT2D eigenvalue weighted by Crippen LogP contribution is -1.89. The first-order valence-electron chi connectivity index (χ1n) is 3.92. The average Bonchev–Trinajstić information content (AvgIpc) is 2.60. The Labute approximate surface area is 95.0 Å². The Bertz CT molecular complexity index is 488. The molecule has 5 nitrogen and oxygen atoms in total. The van der Waals surface area contributed by atoms with Crippen LogP contribution in [0.5, 0.6) is 0 Å². The van der Waals surface area contributed by atoms with Gasteiger partial charge >= 0.3 is 0 Å². The average molecular weight is 245 g/mol. The fraction of sp³-hybridized carbons (Fsp3) is 0. The number of hydrogen-bond donors (Lipinski definition) is 2. The predicted octanol–water partition coefficient (Wildman–Crippen LogP) is 2.21. The molecule has 0 bridgehead atoms. The van der Waals surface area contributed by atoms with E-state index in [-0.39, 0.29) is 11.8 Å². The normalized spacial score (nSPS) is 10.5. The molecule has 0 saturated carbocycles. The minimum atomic E-state index is 0.0501. The molecule has 1 aromatic carbocycles. The van der Waals surface area contributed by atoms with Crippen molar-refractivity contribution in [3.63, 3.8) is 0 Å². The van der Waals surface area contributed by atoms with Crippen LogP contribution in [0.4, 0.5) is 11.6 Å². The van der Waals surface area contributed by atoms with Crippen LogP contribution in [-0.4, -0.2) is 10.1 Å². The summed E-state index contributed by atoms with van der Waals surface area (Å²) in [6.45, 7) is 0. The summed E-state index contributed by atoms with van der Waals surface area (Å²) < 4.78 is 4.86. The van der Waals surface area contributed by atoms with E-state index in [9.17, 15) is 0 Å². The second-order valence-corrected chi connectivity index (χ2v) is 3.63. The van der Waals surface area contributed by atoms with Crippen molar-refractivity contribution in [1.29, 1.82) is 0 Å². The second-order valence-electron chi connectivity index (χ2n) is 2.81. The van der Waals surface area contributed by atoms with Crippen LogP contribution in [0.15, 0.2) is 16.7 Å². The Kier molecular flexibility index (Phi) is 2.42. The fourth-order valence-electron chi connectivity index (χ4n) is 1.06. The van der Waals surface area contributed by atoms with Crippen LogP contribution in [0, 0.1) is 0 Å². The molecule has 1 aromatic heterocycles. The summed E-state index contributed by atoms with van der Waals surface area (Å²) >= 11 is 11.7. The number of benzene rings is 1. The summed E-state index contributed by atoms with van der Waals surface area (Å²) in [6, 6.07) is 3.16. The van der Waals surface area contributed by atoms with Crippen LogP contribution < -0.4 is 11.5 Å². The van der Waals surface area contributed by atoms with Gasteiger partial charge in [0, 0.05) is 5.56 Å². The molecule has 0 amide bonds. The van der Waals surface area contributed by atoms with E-state index in [1.165, 1.54) is 0 Å². The monoisotopic (exact) mass is 244 g/mol. The fourth-order valence-corrected chi connectivity index (χ4v) is 1.55. The van der Waals surface area contributed by atoms with E-state index in [0.29, 0.717) is 21.3 Å². The lowest BCUT2D eigenvalue weighted by Gasteiger charge is -2.02. The topological polar surface area (TPSA) is 91.0 Å². The minimum Gasteiger partial charge on any atom is -0.396 e. The largest absolute Gasteiger partial charge is 0.396 e. The lowest BCUT2D eigenvalue weighted by atomic mass is 10.2. The number of hydrogen-bond acceptors (Lipinski definition) is 5. The molecule has 0 spiro atoms. The highest BCUT2D eigenvalue weighted by atomic mass is 35.5. The Morgan fingerprint density at radius 1 is 1.13 bits per heavy atom. The molecule has 0 aliphatic carbocycles. The summed E-state index contributed by atoms with van der Waals surface area (Å²) in [6.07, 6.45) is 0. The van der Waals surface area contributed by atoms with Gasteiger partial charge < -0.3 is 16.0 Å². The van der Waals surface area contributed by atoms with E-state index < -0.39 is 0 Å². The highest BCUT2D eigenvalue weighted by Crippen LogP contribution is 2.32. The number of nitrogens with two attached hydrogens (primary N) is 2. The summed E-state index contributed by atoms with van der Waals surface area (Å²) in [5.41, 5.74) is 11.8. The maximum absolute atomic E-state index is 5.85. The molecule has 15 heavy (non-hydrogen) atoms. The third kappa shape index (κ3) is 1.84. The van der Waals surface area contributed by atoms with E-state index in [1.807, 2.05) is 0 Å². The molecule has 78 valence electrons. The van der Waals surface area contributed by atoms with Crippen LogP contribution in [-0.2, 0) is 0 Å². The highest BCUT2D eigenvalue weighted by Gasteiger charge is 2.11. The second kappa shape index (κ2) is 3.60. The molecule has 0 aliphatic rings. The van der Waals surface area contributed by atoms with Gasteiger partial charge in [-0.15, -0.1) is 0 Å². The number of nitrogens with zero attached hydrogens (tertiary/aromatic N) is 2. The van der Waals surface area contributed by atoms with Gasteiger partial charge in [0.1, 0.15) is 0 Å². The van der Waals surface area contributed by atoms with Gasteiger partial charge in [0.15, 0.2) is 0 Å². The summed E-state index contributed by atoms with van der Waals surface area (Å²) in [5.74, 6) is 0.297. The van der Waals surface area contributed by atoms with E-state index in [0.717, 1.165) is 0 Å². The molecule has 0 aliphatic heterocycles. The number of rotatable bonds is 1. The smallest absolute Gasteiger partial charge is 0.261 e. The quantitative estimate of drug-likeness (QED) is 0.751. The van der Waals surface area contributed by atoms with Gasteiger partial charge in [0.2, 0.25) is 0 Å². The predicted molar refractivity (Wildman–Crippen MR) is 58.6 cm³/mol. The Morgan fingerprint density at radius 3 is 2.20 bits per heavy atom. The highest BCUT2D eigenvalue weighted by molar-refractivity contribution is 6.39. The van der Waals surface area contributed by atoms with Gasteiger partial charge in [-0.05, 0) is 17.3 Å². The zero-order valence-electron chi connectivity index (χ0n) is 7.37. The number of aromatic nitrogens is 2. The van der Waals surface area contributed by atoms with Crippen LogP contribution in [0.3, 0.4) is 0 Å². The summed E-state index contributed by atoms with van der Waals surface area (Å²) in [7, 11) is 0. The van der Waals surface area contributed by atoms with Crippen LogP contribution >= 0.6 is 23.2 Å². The molecule has 0 unspecified atom stereocenters. The van der Waals surface area contributed by atoms with Gasteiger partial charge in [-0.3, -0.25) is 0 Å². The SMILES string of the molecule is Nc1noc(-c2cc(Cl)c(N)c(Cl)c2)n1. The van der Waals surface area contributed by atoms with Crippen molar-refractivity contribution in [3.05, 3.63) is 22.2 Å². The Balaban J connectivity index is 2.55. The van der Waals surface area contributed by atoms with Crippen molar-refractivity contribution >= 4 is 34.8 Å². The van der Waals surface area contributed by atoms with Crippen LogP contribution in [0.2, 0.25) is 10.0 Å². The van der Waals surface area contributed by atoms with Gasteiger partial charge in [0.05, 0.1) is 15.7 Å². The van der Waals surface area contributed by atoms with Gasteiger partial charge in [-0.25, -0.2) is 0 Å². The zero-order valence-corrected chi connectivity index (χ0v) is 8.88. The molecule has 0 radical (unpaired) electrons. The van der Waals surface area contributed by atoms with Crippen molar-refractivity contribution in [3.8, 4) is 11.5 Å². The molecular formula is C8H6Cl2N4O. The van der Waals surface area contributed by atoms with Gasteiger partial charge in [0.25, 0.3) is 11.8 Å². The van der Waals surface area contributed by atoms with Crippen molar-refractivity contribution < 1.29 is 4.52 Å². The van der Waals surface area contributed by atoms with Crippen molar-refractivity contribution in [2.45, 2.75) is 0 Å². The maximum Gasteiger partial charge on any atom is 0.261 e. The van der Waals surface area contributed by atoms with Crippen molar-refractivity contribution in [2.75, 3.05) is 11.5 Å². The van der Waals surface area contributed by atoms with Crippen molar-refractivity contribution in [1.82, 2.24) is 10.1 Å². The third-order valence-corrected chi connectivity index (χ3v) is 2.39. The summed E-state index contributed by atoms with van der Waals surface area (Å²) in [4.78, 5) is 3.83. The molecule has 0 atom stereocenters. The molecule has 7 heteroatoms. The first-order valence-corrected chi connectivity index (χ1v) is 4.67. The van der Waals surface area contributed by atoms with E-state index in [1.54, 1.807) is 12.1 Å². The lowest BCUT2D eigenvalue weighted by molar-refractivity contribution is 0.433. The molecule has 0 saturated heterocycles. The van der Waals surface area contributed by atoms with Crippen molar-refractivity contribution in [2.24, 2.45) is 0 Å². The van der Waals surface area contributed by atoms with Crippen LogP contribution in [0.25, 0.3) is 11.5 Å². The molecular weight excluding hydrogens is 239 g/mol. The maximum atomic E-state index is 5.85. The molecule has 1 heterocycles. The van der Waals surface area contributed by atoms with Crippen LogP contribution in [0.1, 0.15) is 0 Å². The van der Waals surface area contributed by atoms with Gasteiger partial charge in [-0.1, -0.05) is 23.2 Å². The van der Waals surface area contributed by atoms with Gasteiger partial charge in [-0.2, -0.15) is 4.98 Å². The first kappa shape index (κ1) is 10.1. The first-order chi connectivity index (χ1) is 7.08. The minimum absolute atomic E-state index is 0.0501. The van der Waals surface area contributed by atoms with E-state index in [2.05, 4.69) is 10.1 Å². The Morgan fingerprint density at radius 2 is 1.73 bits per heavy atom. The number of halogens is 2. The van der Waals surface area contributed by atoms with E-state index >= 15 is 0 Å². The number of nitrogen functional groups attached to an aromatic ring is 2. The molecule has 2 aromatic rings. The molecule has 0 fully saturated rings. The zero-order chi connectivity index (χ0) is 11.0. The third-order valence-electron chi connectivity index (χ3n) is 1.77. The Hall–Kier alpha value is -1.46. The molecule has 2 rings (SSSR count). The number of anilines is 2. The standard InChI is InChI=1S/C8H6Cl2N4O/c9-4-1-3(2-5(10)6(4)11)7-13-8(12)14-15-7/h1-2H,11H2,(H2,12,14). The summed E-state index contributed by atoms with van der Waals surface area (Å²) in [5, 5.41) is 4.11. The van der Waals surface area contributed by atoms with E-state index in [4.69, 9.17) is 39.2 Å².